The second-order valence-electron chi connectivity index (χ2n) is 4.85. The standard InChI is InChI=1S/C14H18O3/c1-10-5-6-12(9-11(10)2)17-14(13(15)16)7-3-4-8-14/h5-6,9H,3-4,7-8H2,1-2H3,(H,15,16). The quantitative estimate of drug-likeness (QED) is 0.874. The summed E-state index contributed by atoms with van der Waals surface area (Å²) in [4.78, 5) is 11.4. The van der Waals surface area contributed by atoms with Gasteiger partial charge in [-0.1, -0.05) is 6.07 Å². The molecule has 0 heterocycles. The maximum Gasteiger partial charge on any atom is 0.348 e. The summed E-state index contributed by atoms with van der Waals surface area (Å²) in [5, 5.41) is 9.32. The van der Waals surface area contributed by atoms with E-state index >= 15 is 0 Å². The van der Waals surface area contributed by atoms with Gasteiger partial charge in [0.15, 0.2) is 0 Å². The van der Waals surface area contributed by atoms with Gasteiger partial charge in [0.1, 0.15) is 5.75 Å². The maximum absolute atomic E-state index is 11.4. The fourth-order valence-electron chi connectivity index (χ4n) is 2.31. The highest BCUT2D eigenvalue weighted by atomic mass is 16.5. The third-order valence-corrected chi connectivity index (χ3v) is 3.59. The highest BCUT2D eigenvalue weighted by molar-refractivity contribution is 5.78. The van der Waals surface area contributed by atoms with Crippen molar-refractivity contribution >= 4 is 5.97 Å². The number of carbonyl (C=O) groups is 1. The van der Waals surface area contributed by atoms with Crippen LogP contribution in [0.1, 0.15) is 36.8 Å². The zero-order valence-corrected chi connectivity index (χ0v) is 10.3. The first-order valence-corrected chi connectivity index (χ1v) is 6.03. The topological polar surface area (TPSA) is 46.5 Å². The summed E-state index contributed by atoms with van der Waals surface area (Å²) in [7, 11) is 0. The number of aryl methyl sites for hydroxylation is 2. The molecule has 0 spiro atoms. The van der Waals surface area contributed by atoms with Gasteiger partial charge in [0.2, 0.25) is 5.60 Å². The third kappa shape index (κ3) is 2.28. The molecule has 3 nitrogen and oxygen atoms in total. The van der Waals surface area contributed by atoms with Crippen molar-refractivity contribution < 1.29 is 14.6 Å². The van der Waals surface area contributed by atoms with Crippen molar-refractivity contribution in [3.05, 3.63) is 29.3 Å². The number of aliphatic carboxylic acids is 1. The van der Waals surface area contributed by atoms with Gasteiger partial charge in [0, 0.05) is 0 Å². The normalized spacial score (nSPS) is 18.0. The van der Waals surface area contributed by atoms with Crippen LogP contribution in [0.3, 0.4) is 0 Å². The number of hydrogen-bond donors (Lipinski definition) is 1. The van der Waals surface area contributed by atoms with Crippen LogP contribution < -0.4 is 4.74 Å². The second-order valence-corrected chi connectivity index (χ2v) is 4.85. The third-order valence-electron chi connectivity index (χ3n) is 3.59. The van der Waals surface area contributed by atoms with Crippen LogP contribution in [0.2, 0.25) is 0 Å². The van der Waals surface area contributed by atoms with Gasteiger partial charge in [-0.2, -0.15) is 0 Å². The second kappa shape index (κ2) is 4.40. The van der Waals surface area contributed by atoms with Crippen molar-refractivity contribution in [1.82, 2.24) is 0 Å². The van der Waals surface area contributed by atoms with Gasteiger partial charge in [-0.3, -0.25) is 0 Å². The van der Waals surface area contributed by atoms with E-state index in [0.29, 0.717) is 18.6 Å². The number of ether oxygens (including phenoxy) is 1. The van der Waals surface area contributed by atoms with Crippen molar-refractivity contribution in [2.45, 2.75) is 45.1 Å². The predicted molar refractivity (Wildman–Crippen MR) is 65.4 cm³/mol. The van der Waals surface area contributed by atoms with Gasteiger partial charge in [0.05, 0.1) is 0 Å². The molecule has 92 valence electrons. The molecule has 0 unspecified atom stereocenters. The Morgan fingerprint density at radius 1 is 1.24 bits per heavy atom. The molecular weight excluding hydrogens is 216 g/mol. The lowest BCUT2D eigenvalue weighted by Crippen LogP contribution is -2.41. The number of carboxylic acid groups (broad SMARTS) is 1. The Labute approximate surface area is 101 Å². The lowest BCUT2D eigenvalue weighted by Gasteiger charge is -2.25. The van der Waals surface area contributed by atoms with Crippen LogP contribution in [0, 0.1) is 13.8 Å². The molecule has 1 saturated carbocycles. The fraction of sp³-hybridized carbons (Fsp3) is 0.500. The molecule has 3 heteroatoms. The van der Waals surface area contributed by atoms with Gasteiger partial charge >= 0.3 is 5.97 Å². The van der Waals surface area contributed by atoms with Crippen molar-refractivity contribution in [3.8, 4) is 5.75 Å². The molecule has 17 heavy (non-hydrogen) atoms. The lowest BCUT2D eigenvalue weighted by molar-refractivity contribution is -0.154. The SMILES string of the molecule is Cc1ccc(OC2(C(=O)O)CCCC2)cc1C. The molecule has 1 aromatic carbocycles. The van der Waals surface area contributed by atoms with Crippen LogP contribution in [-0.4, -0.2) is 16.7 Å². The van der Waals surface area contributed by atoms with Crippen molar-refractivity contribution in [3.63, 3.8) is 0 Å². The first kappa shape index (κ1) is 12.0. The lowest BCUT2D eigenvalue weighted by atomic mass is 10.0. The van der Waals surface area contributed by atoms with Crippen molar-refractivity contribution in [1.29, 1.82) is 0 Å². The average Bonchev–Trinajstić information content (AvgIpc) is 2.73. The van der Waals surface area contributed by atoms with Gasteiger partial charge < -0.3 is 9.84 Å². The molecule has 2 rings (SSSR count). The van der Waals surface area contributed by atoms with E-state index in [9.17, 15) is 9.90 Å². The molecule has 0 atom stereocenters. The van der Waals surface area contributed by atoms with E-state index in [0.717, 1.165) is 18.4 Å². The van der Waals surface area contributed by atoms with E-state index in [1.165, 1.54) is 5.56 Å². The van der Waals surface area contributed by atoms with E-state index < -0.39 is 11.6 Å². The van der Waals surface area contributed by atoms with Crippen LogP contribution in [-0.2, 0) is 4.79 Å². The summed E-state index contributed by atoms with van der Waals surface area (Å²) >= 11 is 0. The molecule has 1 N–H and O–H groups in total. The molecule has 0 saturated heterocycles. The number of benzene rings is 1. The van der Waals surface area contributed by atoms with E-state index in [2.05, 4.69) is 0 Å². The number of carboxylic acids is 1. The van der Waals surface area contributed by atoms with Gasteiger partial charge in [-0.25, -0.2) is 4.79 Å². The van der Waals surface area contributed by atoms with Crippen LogP contribution in [0.25, 0.3) is 0 Å². The van der Waals surface area contributed by atoms with Crippen LogP contribution in [0.4, 0.5) is 0 Å². The van der Waals surface area contributed by atoms with Crippen LogP contribution in [0.5, 0.6) is 5.75 Å². The highest BCUT2D eigenvalue weighted by Crippen LogP contribution is 2.35. The Bertz CT molecular complexity index is 431. The van der Waals surface area contributed by atoms with E-state index in [4.69, 9.17) is 4.74 Å². The van der Waals surface area contributed by atoms with Crippen molar-refractivity contribution in [2.24, 2.45) is 0 Å². The van der Waals surface area contributed by atoms with E-state index in [1.807, 2.05) is 32.0 Å². The summed E-state index contributed by atoms with van der Waals surface area (Å²) in [6.07, 6.45) is 3.07. The monoisotopic (exact) mass is 234 g/mol. The fourth-order valence-corrected chi connectivity index (χ4v) is 2.31. The van der Waals surface area contributed by atoms with Gasteiger partial charge in [-0.15, -0.1) is 0 Å². The Hall–Kier alpha value is -1.51. The average molecular weight is 234 g/mol. The summed E-state index contributed by atoms with van der Waals surface area (Å²) in [6, 6.07) is 5.73. The number of rotatable bonds is 3. The van der Waals surface area contributed by atoms with Gasteiger partial charge in [-0.05, 0) is 62.8 Å². The Kier molecular flexibility index (Phi) is 3.09. The first-order valence-electron chi connectivity index (χ1n) is 6.03. The minimum Gasteiger partial charge on any atom is -0.478 e. The van der Waals surface area contributed by atoms with E-state index in [-0.39, 0.29) is 0 Å². The summed E-state index contributed by atoms with van der Waals surface area (Å²) in [5.74, 6) is -0.175. The minimum atomic E-state index is -0.998. The molecule has 1 aromatic rings. The summed E-state index contributed by atoms with van der Waals surface area (Å²) in [6.45, 7) is 4.03. The summed E-state index contributed by atoms with van der Waals surface area (Å²) in [5.41, 5.74) is 1.32. The Morgan fingerprint density at radius 3 is 2.41 bits per heavy atom. The maximum atomic E-state index is 11.4. The molecule has 0 aliphatic heterocycles. The van der Waals surface area contributed by atoms with Crippen LogP contribution >= 0.6 is 0 Å². The molecular formula is C14H18O3. The molecule has 0 radical (unpaired) electrons. The smallest absolute Gasteiger partial charge is 0.348 e. The molecule has 1 aliphatic rings. The molecule has 1 fully saturated rings. The Morgan fingerprint density at radius 2 is 1.88 bits per heavy atom. The zero-order chi connectivity index (χ0) is 12.5. The van der Waals surface area contributed by atoms with E-state index in [1.54, 1.807) is 0 Å². The van der Waals surface area contributed by atoms with Crippen molar-refractivity contribution in [2.75, 3.05) is 0 Å². The highest BCUT2D eigenvalue weighted by Gasteiger charge is 2.43. The molecule has 0 amide bonds. The van der Waals surface area contributed by atoms with Crippen LogP contribution in [0.15, 0.2) is 18.2 Å². The molecule has 0 bridgehead atoms. The summed E-state index contributed by atoms with van der Waals surface area (Å²) < 4.78 is 5.76. The molecule has 0 aromatic heterocycles. The predicted octanol–water partition coefficient (Wildman–Crippen LogP) is 3.08. The molecule has 1 aliphatic carbocycles. The largest absolute Gasteiger partial charge is 0.478 e. The van der Waals surface area contributed by atoms with Gasteiger partial charge in [0.25, 0.3) is 0 Å². The number of hydrogen-bond acceptors (Lipinski definition) is 2. The Balaban J connectivity index is 2.23. The first-order chi connectivity index (χ1) is 8.03. The zero-order valence-electron chi connectivity index (χ0n) is 10.3. The minimum absolute atomic E-state index is 0.606.